The van der Waals surface area contributed by atoms with Gasteiger partial charge in [0, 0.05) is 6.42 Å². The zero-order chi connectivity index (χ0) is 9.84. The average Bonchev–Trinajstić information content (AvgIpc) is 1.99. The van der Waals surface area contributed by atoms with Crippen LogP contribution >= 0.6 is 0 Å². The van der Waals surface area contributed by atoms with Crippen molar-refractivity contribution < 1.29 is 4.79 Å². The second-order valence-electron chi connectivity index (χ2n) is 5.02. The van der Waals surface area contributed by atoms with E-state index in [1.165, 1.54) is 19.3 Å². The molecule has 0 aromatic carbocycles. The molecule has 2 atom stereocenters. The number of rotatable bonds is 3. The Bertz CT molecular complexity index is 164. The van der Waals surface area contributed by atoms with Gasteiger partial charge in [0.05, 0.1) is 0 Å². The summed E-state index contributed by atoms with van der Waals surface area (Å²) in [5, 5.41) is 0. The maximum absolute atomic E-state index is 10.8. The van der Waals surface area contributed by atoms with Crippen molar-refractivity contribution in [3.8, 4) is 0 Å². The van der Waals surface area contributed by atoms with Crippen molar-refractivity contribution in [2.45, 2.75) is 52.9 Å². The predicted octanol–water partition coefficient (Wildman–Crippen LogP) is 3.43. The largest absolute Gasteiger partial charge is 0.300 e. The third kappa shape index (κ3) is 3.93. The molecular weight excluding hydrogens is 160 g/mol. The number of carbonyl (C=O) groups is 1. The third-order valence-corrected chi connectivity index (χ3v) is 3.18. The molecule has 1 nitrogen and oxygen atoms in total. The molecule has 1 saturated carbocycles. The van der Waals surface area contributed by atoms with Gasteiger partial charge in [-0.3, -0.25) is 0 Å². The fourth-order valence-electron chi connectivity index (χ4n) is 2.76. The first kappa shape index (κ1) is 10.7. The lowest BCUT2D eigenvalue weighted by Crippen LogP contribution is -2.19. The maximum Gasteiger partial charge on any atom is 0.129 e. The van der Waals surface area contributed by atoms with Crippen LogP contribution in [0.2, 0.25) is 0 Å². The van der Waals surface area contributed by atoms with E-state index in [9.17, 15) is 4.79 Å². The summed E-state index contributed by atoms with van der Waals surface area (Å²) in [5.74, 6) is 2.93. The van der Waals surface area contributed by atoms with Crippen molar-refractivity contribution in [2.75, 3.05) is 0 Å². The summed E-state index contributed by atoms with van der Waals surface area (Å²) in [5.41, 5.74) is 0. The van der Waals surface area contributed by atoms with Crippen LogP contribution in [0, 0.1) is 17.8 Å². The molecule has 0 N–H and O–H groups in total. The van der Waals surface area contributed by atoms with E-state index in [2.05, 4.69) is 13.8 Å². The van der Waals surface area contributed by atoms with Crippen LogP contribution in [0.4, 0.5) is 0 Å². The molecule has 0 heterocycles. The average molecular weight is 182 g/mol. The Hall–Kier alpha value is -0.330. The molecule has 0 aromatic rings. The summed E-state index contributed by atoms with van der Waals surface area (Å²) >= 11 is 0. The molecule has 1 aliphatic carbocycles. The van der Waals surface area contributed by atoms with Gasteiger partial charge < -0.3 is 4.79 Å². The number of carbonyl (C=O) groups excluding carboxylic acids is 1. The third-order valence-electron chi connectivity index (χ3n) is 3.18. The summed E-state index contributed by atoms with van der Waals surface area (Å²) in [7, 11) is 0. The van der Waals surface area contributed by atoms with Gasteiger partial charge in [-0.15, -0.1) is 0 Å². The molecule has 13 heavy (non-hydrogen) atoms. The lowest BCUT2D eigenvalue weighted by Gasteiger charge is -2.31. The topological polar surface area (TPSA) is 17.1 Å². The van der Waals surface area contributed by atoms with E-state index >= 15 is 0 Å². The molecule has 1 aliphatic rings. The molecule has 0 radical (unpaired) electrons. The second kappa shape index (κ2) is 4.78. The number of Topliss-reactive ketones (excluding diaryl/α,β-unsaturated/α-hetero) is 1. The van der Waals surface area contributed by atoms with E-state index in [-0.39, 0.29) is 0 Å². The van der Waals surface area contributed by atoms with Gasteiger partial charge in [0.15, 0.2) is 0 Å². The van der Waals surface area contributed by atoms with Gasteiger partial charge in [-0.2, -0.15) is 0 Å². The lowest BCUT2D eigenvalue weighted by atomic mass is 9.75. The number of ketones is 1. The van der Waals surface area contributed by atoms with E-state index in [4.69, 9.17) is 0 Å². The minimum atomic E-state index is 0.353. The fraction of sp³-hybridized carbons (Fsp3) is 0.917. The van der Waals surface area contributed by atoms with Crippen molar-refractivity contribution >= 4 is 5.78 Å². The molecule has 1 heteroatoms. The molecule has 0 spiro atoms. The highest BCUT2D eigenvalue weighted by molar-refractivity contribution is 5.75. The smallest absolute Gasteiger partial charge is 0.129 e. The number of hydrogen-bond donors (Lipinski definition) is 0. The Labute approximate surface area is 81.9 Å². The molecule has 2 unspecified atom stereocenters. The number of hydrogen-bond acceptors (Lipinski definition) is 1. The van der Waals surface area contributed by atoms with E-state index in [0.717, 1.165) is 30.6 Å². The van der Waals surface area contributed by atoms with Crippen molar-refractivity contribution in [1.82, 2.24) is 0 Å². The van der Waals surface area contributed by atoms with Gasteiger partial charge in [-0.05, 0) is 50.4 Å². The Morgan fingerprint density at radius 1 is 1.15 bits per heavy atom. The second-order valence-corrected chi connectivity index (χ2v) is 5.02. The first-order valence-electron chi connectivity index (χ1n) is 5.57. The van der Waals surface area contributed by atoms with E-state index in [0.29, 0.717) is 5.78 Å². The van der Waals surface area contributed by atoms with Gasteiger partial charge in [0.1, 0.15) is 5.78 Å². The van der Waals surface area contributed by atoms with Crippen LogP contribution in [0.1, 0.15) is 52.9 Å². The molecule has 0 amide bonds. The molecule has 0 saturated heterocycles. The SMILES string of the molecule is CC(=O)CCC1CC(C)CC(C)C1. The fourth-order valence-corrected chi connectivity index (χ4v) is 2.76. The summed E-state index contributed by atoms with van der Waals surface area (Å²) in [6.07, 6.45) is 6.00. The van der Waals surface area contributed by atoms with Crippen LogP contribution in [0.5, 0.6) is 0 Å². The molecule has 0 aliphatic heterocycles. The highest BCUT2D eigenvalue weighted by atomic mass is 16.1. The molecular formula is C12H22O. The zero-order valence-corrected chi connectivity index (χ0v) is 9.18. The highest BCUT2D eigenvalue weighted by Gasteiger charge is 2.23. The summed E-state index contributed by atoms with van der Waals surface area (Å²) < 4.78 is 0. The van der Waals surface area contributed by atoms with Crippen LogP contribution in [-0.2, 0) is 4.79 Å². The molecule has 1 rings (SSSR count). The normalized spacial score (nSPS) is 34.5. The van der Waals surface area contributed by atoms with E-state index in [1.807, 2.05) is 0 Å². The molecule has 0 bridgehead atoms. The van der Waals surface area contributed by atoms with Crippen molar-refractivity contribution in [1.29, 1.82) is 0 Å². The van der Waals surface area contributed by atoms with Gasteiger partial charge in [0.25, 0.3) is 0 Å². The van der Waals surface area contributed by atoms with Crippen LogP contribution in [0.15, 0.2) is 0 Å². The van der Waals surface area contributed by atoms with Gasteiger partial charge >= 0.3 is 0 Å². The maximum atomic E-state index is 10.8. The van der Waals surface area contributed by atoms with Crippen molar-refractivity contribution in [3.63, 3.8) is 0 Å². The summed E-state index contributed by atoms with van der Waals surface area (Å²) in [6, 6.07) is 0. The Morgan fingerprint density at radius 2 is 1.69 bits per heavy atom. The first-order valence-corrected chi connectivity index (χ1v) is 5.57. The van der Waals surface area contributed by atoms with Crippen molar-refractivity contribution in [3.05, 3.63) is 0 Å². The Balaban J connectivity index is 2.28. The first-order chi connectivity index (χ1) is 6.08. The predicted molar refractivity (Wildman–Crippen MR) is 55.6 cm³/mol. The quantitative estimate of drug-likeness (QED) is 0.653. The minimum absolute atomic E-state index is 0.353. The molecule has 0 aromatic heterocycles. The molecule has 1 fully saturated rings. The summed E-state index contributed by atoms with van der Waals surface area (Å²) in [4.78, 5) is 10.8. The van der Waals surface area contributed by atoms with Crippen molar-refractivity contribution in [2.24, 2.45) is 17.8 Å². The van der Waals surface area contributed by atoms with E-state index < -0.39 is 0 Å². The monoisotopic (exact) mass is 182 g/mol. The lowest BCUT2D eigenvalue weighted by molar-refractivity contribution is -0.117. The van der Waals surface area contributed by atoms with Gasteiger partial charge in [0.2, 0.25) is 0 Å². The Kier molecular flexibility index (Phi) is 3.95. The van der Waals surface area contributed by atoms with Crippen LogP contribution in [0.25, 0.3) is 0 Å². The van der Waals surface area contributed by atoms with Crippen LogP contribution in [0.3, 0.4) is 0 Å². The summed E-state index contributed by atoms with van der Waals surface area (Å²) in [6.45, 7) is 6.39. The Morgan fingerprint density at radius 3 is 2.15 bits per heavy atom. The van der Waals surface area contributed by atoms with Gasteiger partial charge in [-0.25, -0.2) is 0 Å². The minimum Gasteiger partial charge on any atom is -0.300 e. The molecule has 76 valence electrons. The van der Waals surface area contributed by atoms with E-state index in [1.54, 1.807) is 6.92 Å². The van der Waals surface area contributed by atoms with Crippen LogP contribution < -0.4 is 0 Å². The van der Waals surface area contributed by atoms with Gasteiger partial charge in [-0.1, -0.05) is 13.8 Å². The van der Waals surface area contributed by atoms with Crippen LogP contribution in [-0.4, -0.2) is 5.78 Å². The standard InChI is InChI=1S/C12H22O/c1-9-6-10(2)8-12(7-9)5-4-11(3)13/h9-10,12H,4-8H2,1-3H3. The highest BCUT2D eigenvalue weighted by Crippen LogP contribution is 2.35. The zero-order valence-electron chi connectivity index (χ0n) is 9.18.